The molecule has 2 aromatic rings. The number of hydrogen-bond acceptors (Lipinski definition) is 4. The van der Waals surface area contributed by atoms with Gasteiger partial charge < -0.3 is 9.88 Å². The SMILES string of the molecule is CCCn1c(Cc2ccccc2)nnc1S[C@H](C)C(=O)NC1CC1. The molecule has 1 N–H and O–H groups in total. The average Bonchev–Trinajstić information content (AvgIpc) is 3.33. The van der Waals surface area contributed by atoms with Crippen molar-refractivity contribution in [1.29, 1.82) is 0 Å². The average molecular weight is 344 g/mol. The summed E-state index contributed by atoms with van der Waals surface area (Å²) < 4.78 is 2.15. The van der Waals surface area contributed by atoms with Crippen LogP contribution in [0, 0.1) is 0 Å². The molecule has 1 fully saturated rings. The Hall–Kier alpha value is -1.82. The topological polar surface area (TPSA) is 59.8 Å². The van der Waals surface area contributed by atoms with Gasteiger partial charge in [-0.25, -0.2) is 0 Å². The molecule has 6 heteroatoms. The minimum Gasteiger partial charge on any atom is -0.352 e. The Morgan fingerprint density at radius 1 is 1.33 bits per heavy atom. The van der Waals surface area contributed by atoms with E-state index in [2.05, 4.69) is 39.1 Å². The number of rotatable bonds is 8. The van der Waals surface area contributed by atoms with Gasteiger partial charge in [-0.2, -0.15) is 0 Å². The molecule has 0 bridgehead atoms. The molecule has 1 aromatic heterocycles. The largest absolute Gasteiger partial charge is 0.352 e. The first kappa shape index (κ1) is 17.0. The molecule has 1 saturated carbocycles. The van der Waals surface area contributed by atoms with Crippen molar-refractivity contribution in [1.82, 2.24) is 20.1 Å². The zero-order valence-corrected chi connectivity index (χ0v) is 15.1. The summed E-state index contributed by atoms with van der Waals surface area (Å²) in [5, 5.41) is 12.5. The van der Waals surface area contributed by atoms with Crippen molar-refractivity contribution in [3.63, 3.8) is 0 Å². The lowest BCUT2D eigenvalue weighted by atomic mass is 10.1. The zero-order valence-electron chi connectivity index (χ0n) is 14.2. The third kappa shape index (κ3) is 4.38. The molecular weight excluding hydrogens is 320 g/mol. The van der Waals surface area contributed by atoms with Crippen molar-refractivity contribution >= 4 is 17.7 Å². The zero-order chi connectivity index (χ0) is 16.9. The van der Waals surface area contributed by atoms with Gasteiger partial charge in [-0.15, -0.1) is 10.2 Å². The maximum absolute atomic E-state index is 12.2. The molecule has 0 radical (unpaired) electrons. The van der Waals surface area contributed by atoms with Crippen LogP contribution in [0.25, 0.3) is 0 Å². The number of carbonyl (C=O) groups is 1. The van der Waals surface area contributed by atoms with Gasteiger partial charge >= 0.3 is 0 Å². The molecular formula is C18H24N4OS. The van der Waals surface area contributed by atoms with Crippen molar-refractivity contribution in [2.75, 3.05) is 0 Å². The maximum Gasteiger partial charge on any atom is 0.233 e. The van der Waals surface area contributed by atoms with Gasteiger partial charge in [0.25, 0.3) is 0 Å². The maximum atomic E-state index is 12.2. The van der Waals surface area contributed by atoms with Crippen LogP contribution in [0.1, 0.15) is 44.5 Å². The van der Waals surface area contributed by atoms with E-state index in [0.717, 1.165) is 43.2 Å². The summed E-state index contributed by atoms with van der Waals surface area (Å²) in [6, 6.07) is 10.7. The Bertz CT molecular complexity index is 682. The number of aromatic nitrogens is 3. The number of hydrogen-bond donors (Lipinski definition) is 1. The lowest BCUT2D eigenvalue weighted by molar-refractivity contribution is -0.120. The number of carbonyl (C=O) groups excluding carboxylic acids is 1. The molecule has 1 atom stereocenters. The highest BCUT2D eigenvalue weighted by Gasteiger charge is 2.27. The first-order chi connectivity index (χ1) is 11.7. The Labute approximate surface area is 147 Å². The normalized spacial score (nSPS) is 15.2. The standard InChI is InChI=1S/C18H24N4OS/c1-3-11-22-16(12-14-7-5-4-6-8-14)20-21-18(22)24-13(2)17(23)19-15-9-10-15/h4-8,13,15H,3,9-12H2,1-2H3,(H,19,23)/t13-/m1/s1. The highest BCUT2D eigenvalue weighted by molar-refractivity contribution is 8.00. The monoisotopic (exact) mass is 344 g/mol. The van der Waals surface area contributed by atoms with Crippen LogP contribution in [0.15, 0.2) is 35.5 Å². The number of amides is 1. The van der Waals surface area contributed by atoms with Crippen molar-refractivity contribution < 1.29 is 4.79 Å². The number of nitrogens with zero attached hydrogens (tertiary/aromatic N) is 3. The lowest BCUT2D eigenvalue weighted by Gasteiger charge is -2.13. The van der Waals surface area contributed by atoms with Crippen LogP contribution < -0.4 is 5.32 Å². The van der Waals surface area contributed by atoms with E-state index in [9.17, 15) is 4.79 Å². The number of thioether (sulfide) groups is 1. The van der Waals surface area contributed by atoms with Gasteiger partial charge in [-0.1, -0.05) is 49.0 Å². The smallest absolute Gasteiger partial charge is 0.233 e. The fraction of sp³-hybridized carbons (Fsp3) is 0.500. The van der Waals surface area contributed by atoms with E-state index in [1.807, 2.05) is 25.1 Å². The molecule has 1 aliphatic rings. The van der Waals surface area contributed by atoms with Crippen LogP contribution >= 0.6 is 11.8 Å². The quantitative estimate of drug-likeness (QED) is 0.748. The van der Waals surface area contributed by atoms with E-state index >= 15 is 0 Å². The highest BCUT2D eigenvalue weighted by atomic mass is 32.2. The number of nitrogens with one attached hydrogen (secondary N) is 1. The predicted molar refractivity (Wildman–Crippen MR) is 96.0 cm³/mol. The van der Waals surface area contributed by atoms with Crippen molar-refractivity contribution in [2.24, 2.45) is 0 Å². The Kier molecular flexibility index (Phi) is 5.56. The van der Waals surface area contributed by atoms with Crippen LogP contribution in [-0.2, 0) is 17.8 Å². The number of benzene rings is 1. The molecule has 0 aliphatic heterocycles. The van der Waals surface area contributed by atoms with Gasteiger partial charge in [-0.05, 0) is 31.7 Å². The Morgan fingerprint density at radius 2 is 2.08 bits per heavy atom. The van der Waals surface area contributed by atoms with Crippen molar-refractivity contribution in [2.45, 2.75) is 62.5 Å². The second kappa shape index (κ2) is 7.83. The summed E-state index contributed by atoms with van der Waals surface area (Å²) >= 11 is 1.50. The summed E-state index contributed by atoms with van der Waals surface area (Å²) in [7, 11) is 0. The van der Waals surface area contributed by atoms with E-state index in [1.54, 1.807) is 0 Å². The van der Waals surface area contributed by atoms with Crippen molar-refractivity contribution in [3.05, 3.63) is 41.7 Å². The van der Waals surface area contributed by atoms with E-state index < -0.39 is 0 Å². The Balaban J connectivity index is 1.71. The van der Waals surface area contributed by atoms with E-state index in [0.29, 0.717) is 6.04 Å². The van der Waals surface area contributed by atoms with Gasteiger partial charge in [0.2, 0.25) is 5.91 Å². The van der Waals surface area contributed by atoms with Crippen LogP contribution in [0.2, 0.25) is 0 Å². The summed E-state index contributed by atoms with van der Waals surface area (Å²) in [5.41, 5.74) is 1.22. The molecule has 5 nitrogen and oxygen atoms in total. The molecule has 0 saturated heterocycles. The van der Waals surface area contributed by atoms with Gasteiger partial charge in [0.05, 0.1) is 5.25 Å². The fourth-order valence-corrected chi connectivity index (χ4v) is 3.42. The molecule has 1 aromatic carbocycles. The van der Waals surface area contributed by atoms with Gasteiger partial charge in [-0.3, -0.25) is 4.79 Å². The van der Waals surface area contributed by atoms with E-state index in [-0.39, 0.29) is 11.2 Å². The minimum absolute atomic E-state index is 0.0955. The molecule has 1 heterocycles. The molecule has 0 spiro atoms. The molecule has 3 rings (SSSR count). The van der Waals surface area contributed by atoms with Gasteiger partial charge in [0.1, 0.15) is 5.82 Å². The first-order valence-electron chi connectivity index (χ1n) is 8.60. The lowest BCUT2D eigenvalue weighted by Crippen LogP contribution is -2.32. The second-order valence-electron chi connectivity index (χ2n) is 6.26. The van der Waals surface area contributed by atoms with E-state index in [1.165, 1.54) is 17.3 Å². The van der Waals surface area contributed by atoms with Crippen molar-refractivity contribution in [3.8, 4) is 0 Å². The molecule has 24 heavy (non-hydrogen) atoms. The van der Waals surface area contributed by atoms with Gasteiger partial charge in [0, 0.05) is 19.0 Å². The predicted octanol–water partition coefficient (Wildman–Crippen LogP) is 3.04. The minimum atomic E-state index is -0.157. The highest BCUT2D eigenvalue weighted by Crippen LogP contribution is 2.25. The first-order valence-corrected chi connectivity index (χ1v) is 9.48. The molecule has 1 amide bonds. The van der Waals surface area contributed by atoms with Crippen LogP contribution in [0.3, 0.4) is 0 Å². The molecule has 128 valence electrons. The Morgan fingerprint density at radius 3 is 2.75 bits per heavy atom. The van der Waals surface area contributed by atoms with Crippen LogP contribution in [-0.4, -0.2) is 32.0 Å². The van der Waals surface area contributed by atoms with Gasteiger partial charge in [0.15, 0.2) is 5.16 Å². The third-order valence-corrected chi connectivity index (χ3v) is 5.10. The summed E-state index contributed by atoms with van der Waals surface area (Å²) in [4.78, 5) is 12.2. The van der Waals surface area contributed by atoms with E-state index in [4.69, 9.17) is 0 Å². The molecule has 0 unspecified atom stereocenters. The fourth-order valence-electron chi connectivity index (χ4n) is 2.52. The van der Waals surface area contributed by atoms with Crippen LogP contribution in [0.5, 0.6) is 0 Å². The summed E-state index contributed by atoms with van der Waals surface area (Å²) in [5.74, 6) is 1.05. The molecule has 1 aliphatic carbocycles. The van der Waals surface area contributed by atoms with Crippen LogP contribution in [0.4, 0.5) is 0 Å². The second-order valence-corrected chi connectivity index (χ2v) is 7.56. The summed E-state index contributed by atoms with van der Waals surface area (Å²) in [6.45, 7) is 4.95. The third-order valence-electron chi connectivity index (χ3n) is 4.02. The summed E-state index contributed by atoms with van der Waals surface area (Å²) in [6.07, 6.45) is 3.99.